The van der Waals surface area contributed by atoms with E-state index in [0.717, 1.165) is 73.5 Å². The van der Waals surface area contributed by atoms with E-state index in [2.05, 4.69) is 65.7 Å². The number of H-pyrrole nitrogens is 1. The van der Waals surface area contributed by atoms with Gasteiger partial charge in [-0.25, -0.2) is 4.79 Å². The number of hydrogen-bond donors (Lipinski definition) is 4. The van der Waals surface area contributed by atoms with Gasteiger partial charge in [0.05, 0.1) is 5.69 Å². The number of anilines is 2. The number of hydrogen-bond acceptors (Lipinski definition) is 5. The zero-order valence-electron chi connectivity index (χ0n) is 26.1. The fraction of sp³-hybridized carbons (Fsp3) is 0.500. The first kappa shape index (κ1) is 30.6. The van der Waals surface area contributed by atoms with Gasteiger partial charge in [-0.1, -0.05) is 19.9 Å². The number of nitrogens with one attached hydrogen (secondary N) is 4. The number of ether oxygens (including phenoxy) is 1. The molecule has 0 bridgehead atoms. The van der Waals surface area contributed by atoms with E-state index in [4.69, 9.17) is 4.74 Å². The predicted octanol–water partition coefficient (Wildman–Crippen LogP) is 6.32. The van der Waals surface area contributed by atoms with Crippen molar-refractivity contribution in [2.45, 2.75) is 91.3 Å². The van der Waals surface area contributed by atoms with Crippen LogP contribution >= 0.6 is 0 Å². The molecule has 1 aliphatic heterocycles. The summed E-state index contributed by atoms with van der Waals surface area (Å²) in [5, 5.41) is 16.4. The van der Waals surface area contributed by atoms with Crippen LogP contribution in [-0.4, -0.2) is 58.3 Å². The maximum Gasteiger partial charge on any atom is 0.319 e. The first-order valence-corrected chi connectivity index (χ1v) is 15.6. The lowest BCUT2D eigenvalue weighted by molar-refractivity contribution is 0.000150. The minimum Gasteiger partial charge on any atom is -0.488 e. The molecule has 1 aromatic heterocycles. The van der Waals surface area contributed by atoms with Crippen molar-refractivity contribution in [3.63, 3.8) is 0 Å². The van der Waals surface area contributed by atoms with Crippen molar-refractivity contribution in [2.24, 2.45) is 5.41 Å². The lowest BCUT2D eigenvalue weighted by atomic mass is 9.76. The second kappa shape index (κ2) is 13.2. The molecule has 9 heteroatoms. The predicted molar refractivity (Wildman–Crippen MR) is 171 cm³/mol. The van der Waals surface area contributed by atoms with E-state index in [0.29, 0.717) is 29.3 Å². The number of likely N-dealkylation sites (tertiary alicyclic amines) is 1. The second-order valence-electron chi connectivity index (χ2n) is 13.2. The van der Waals surface area contributed by atoms with Crippen molar-refractivity contribution in [3.05, 3.63) is 70.9 Å². The topological polar surface area (TPSA) is 111 Å². The summed E-state index contributed by atoms with van der Waals surface area (Å²) in [5.41, 5.74) is 4.86. The second-order valence-corrected chi connectivity index (χ2v) is 13.2. The number of rotatable bonds is 10. The quantitative estimate of drug-likeness (QED) is 0.222. The van der Waals surface area contributed by atoms with Gasteiger partial charge in [-0.3, -0.25) is 14.8 Å². The van der Waals surface area contributed by atoms with E-state index in [1.807, 2.05) is 36.4 Å². The third kappa shape index (κ3) is 8.38. The molecule has 1 saturated heterocycles. The summed E-state index contributed by atoms with van der Waals surface area (Å²) in [5.74, 6) is 1.12. The Hall–Kier alpha value is -3.85. The molecule has 230 valence electrons. The summed E-state index contributed by atoms with van der Waals surface area (Å²) in [6.07, 6.45) is 5.96. The molecule has 4 N–H and O–H groups in total. The van der Waals surface area contributed by atoms with Gasteiger partial charge in [0, 0.05) is 42.5 Å². The van der Waals surface area contributed by atoms with Gasteiger partial charge in [0.2, 0.25) is 0 Å². The van der Waals surface area contributed by atoms with Crippen LogP contribution in [0.3, 0.4) is 0 Å². The molecule has 9 nitrogen and oxygen atoms in total. The number of urea groups is 1. The largest absolute Gasteiger partial charge is 0.488 e. The molecule has 0 radical (unpaired) electrons. The Morgan fingerprint density at radius 3 is 2.44 bits per heavy atom. The summed E-state index contributed by atoms with van der Waals surface area (Å²) < 4.78 is 6.01. The van der Waals surface area contributed by atoms with Crippen molar-refractivity contribution in [1.29, 1.82) is 0 Å². The van der Waals surface area contributed by atoms with Crippen LogP contribution in [0.25, 0.3) is 0 Å². The number of nitrogens with zero attached hydrogens (tertiary/aromatic N) is 2. The lowest BCUT2D eigenvalue weighted by Gasteiger charge is -2.41. The third-order valence-corrected chi connectivity index (χ3v) is 8.84. The number of aryl methyl sites for hydroxylation is 3. The van der Waals surface area contributed by atoms with Gasteiger partial charge < -0.3 is 20.7 Å². The average Bonchev–Trinajstić information content (AvgIpc) is 3.39. The number of aromatic amines is 1. The molecule has 3 amide bonds. The molecule has 0 spiro atoms. The monoisotopic (exact) mass is 586 g/mol. The van der Waals surface area contributed by atoms with Gasteiger partial charge in [-0.15, -0.1) is 0 Å². The Kier molecular flexibility index (Phi) is 9.40. The van der Waals surface area contributed by atoms with Crippen LogP contribution in [-0.2, 0) is 12.8 Å². The minimum absolute atomic E-state index is 0.147. The van der Waals surface area contributed by atoms with Crippen LogP contribution in [0, 0.1) is 12.3 Å². The van der Waals surface area contributed by atoms with Crippen molar-refractivity contribution in [2.75, 3.05) is 23.7 Å². The first-order valence-electron chi connectivity index (χ1n) is 15.6. The molecule has 2 heterocycles. The van der Waals surface area contributed by atoms with Crippen LogP contribution in [0.2, 0.25) is 0 Å². The molecule has 0 unspecified atom stereocenters. The fourth-order valence-corrected chi connectivity index (χ4v) is 5.77. The molecule has 43 heavy (non-hydrogen) atoms. The maximum atomic E-state index is 12.8. The molecular weight excluding hydrogens is 540 g/mol. The van der Waals surface area contributed by atoms with Gasteiger partial charge in [0.1, 0.15) is 17.7 Å². The number of benzene rings is 2. The van der Waals surface area contributed by atoms with E-state index in [-0.39, 0.29) is 24.1 Å². The van der Waals surface area contributed by atoms with Gasteiger partial charge in [0.15, 0.2) is 0 Å². The number of amides is 3. The normalized spacial score (nSPS) is 17.3. The molecule has 1 aliphatic carbocycles. The summed E-state index contributed by atoms with van der Waals surface area (Å²) in [6.45, 7) is 12.9. The molecule has 1 saturated carbocycles. The Bertz CT molecular complexity index is 1400. The van der Waals surface area contributed by atoms with Gasteiger partial charge in [-0.05, 0) is 112 Å². The Morgan fingerprint density at radius 2 is 1.74 bits per heavy atom. The molecular formula is C34H46N6O3. The Balaban J connectivity index is 1.08. The highest BCUT2D eigenvalue weighted by molar-refractivity contribution is 6.03. The Morgan fingerprint density at radius 1 is 1.02 bits per heavy atom. The van der Waals surface area contributed by atoms with Gasteiger partial charge in [-0.2, -0.15) is 5.10 Å². The summed E-state index contributed by atoms with van der Waals surface area (Å²) in [4.78, 5) is 27.8. The number of carbonyl (C=O) groups is 2. The van der Waals surface area contributed by atoms with E-state index < -0.39 is 0 Å². The highest BCUT2D eigenvalue weighted by Gasteiger charge is 2.30. The Labute approximate surface area is 255 Å². The van der Waals surface area contributed by atoms with Crippen LogP contribution < -0.4 is 20.7 Å². The van der Waals surface area contributed by atoms with Crippen molar-refractivity contribution >= 4 is 23.4 Å². The van der Waals surface area contributed by atoms with Crippen LogP contribution in [0.4, 0.5) is 16.3 Å². The maximum absolute atomic E-state index is 12.8. The number of carbonyl (C=O) groups excluding carboxylic acids is 2. The highest BCUT2D eigenvalue weighted by atomic mass is 16.5. The fourth-order valence-electron chi connectivity index (χ4n) is 5.77. The number of aromatic nitrogens is 2. The smallest absolute Gasteiger partial charge is 0.319 e. The SMILES string of the molecule is Cc1ccc(NC(=O)NC2CCC(C)(C)CC2)cc1CCc1cc(NC(=O)c2ccc(OC3CN(C(C)C)C3)cc2)[nH]n1. The van der Waals surface area contributed by atoms with Crippen molar-refractivity contribution in [1.82, 2.24) is 20.4 Å². The van der Waals surface area contributed by atoms with Crippen molar-refractivity contribution in [3.8, 4) is 5.75 Å². The van der Waals surface area contributed by atoms with Crippen LogP contribution in [0.15, 0.2) is 48.5 Å². The summed E-state index contributed by atoms with van der Waals surface area (Å²) in [6, 6.07) is 15.7. The van der Waals surface area contributed by atoms with Crippen LogP contribution in [0.1, 0.15) is 80.6 Å². The van der Waals surface area contributed by atoms with Crippen LogP contribution in [0.5, 0.6) is 5.75 Å². The first-order chi connectivity index (χ1) is 20.5. The van der Waals surface area contributed by atoms with Gasteiger partial charge in [0.25, 0.3) is 5.91 Å². The zero-order chi connectivity index (χ0) is 30.6. The highest BCUT2D eigenvalue weighted by Crippen LogP contribution is 2.35. The lowest BCUT2D eigenvalue weighted by Crippen LogP contribution is -2.56. The van der Waals surface area contributed by atoms with E-state index >= 15 is 0 Å². The molecule has 3 aromatic rings. The minimum atomic E-state index is -0.207. The molecule has 5 rings (SSSR count). The van der Waals surface area contributed by atoms with E-state index in [1.54, 1.807) is 12.1 Å². The molecule has 0 atom stereocenters. The molecule has 2 aliphatic rings. The van der Waals surface area contributed by atoms with E-state index in [1.165, 1.54) is 0 Å². The third-order valence-electron chi connectivity index (χ3n) is 8.84. The molecule has 2 aromatic carbocycles. The van der Waals surface area contributed by atoms with Gasteiger partial charge >= 0.3 is 6.03 Å². The van der Waals surface area contributed by atoms with Crippen molar-refractivity contribution < 1.29 is 14.3 Å². The van der Waals surface area contributed by atoms with E-state index in [9.17, 15) is 9.59 Å². The zero-order valence-corrected chi connectivity index (χ0v) is 26.1. The summed E-state index contributed by atoms with van der Waals surface area (Å²) >= 11 is 0. The standard InChI is InChI=1S/C34H46N6O3/c1-22(2)40-20-30(21-40)43-29-12-8-24(9-13-29)32(41)37-31-19-28(38-39-31)11-7-25-18-27(10-6-23(25)3)36-33(42)35-26-14-16-34(4,5)17-15-26/h6,8-10,12-13,18-19,22,26,30H,7,11,14-17,20-21H2,1-5H3,(H2,35,36,42)(H2,37,38,39,41). The average molecular weight is 587 g/mol. The molecule has 2 fully saturated rings. The summed E-state index contributed by atoms with van der Waals surface area (Å²) in [7, 11) is 0.